The second-order valence-electron chi connectivity index (χ2n) is 15.9. The van der Waals surface area contributed by atoms with E-state index in [4.69, 9.17) is 4.74 Å². The molecule has 2 saturated carbocycles. The fourth-order valence-electron chi connectivity index (χ4n) is 7.49. The minimum Gasteiger partial charge on any atom is -0.491 e. The summed E-state index contributed by atoms with van der Waals surface area (Å²) in [5, 5.41) is 4.91. The van der Waals surface area contributed by atoms with Gasteiger partial charge in [0.05, 0.1) is 19.8 Å². The summed E-state index contributed by atoms with van der Waals surface area (Å²) in [4.78, 5) is 46.1. The summed E-state index contributed by atoms with van der Waals surface area (Å²) in [6.07, 6.45) is 17.3. The Morgan fingerprint density at radius 1 is 0.918 bits per heavy atom. The van der Waals surface area contributed by atoms with Gasteiger partial charge in [0.2, 0.25) is 11.8 Å². The third kappa shape index (κ3) is 12.4. The summed E-state index contributed by atoms with van der Waals surface area (Å²) >= 11 is 0. The van der Waals surface area contributed by atoms with Gasteiger partial charge in [-0.2, -0.15) is 0 Å². The molecule has 2 aliphatic carbocycles. The van der Waals surface area contributed by atoms with E-state index < -0.39 is 0 Å². The number of ether oxygens (including phenoxy) is 1. The number of hydrazine groups is 1. The van der Waals surface area contributed by atoms with Gasteiger partial charge in [-0.3, -0.25) is 19.5 Å². The number of hydrogen-bond acceptors (Lipinski definition) is 6. The fourth-order valence-corrected chi connectivity index (χ4v) is 7.49. The predicted octanol–water partition coefficient (Wildman–Crippen LogP) is 7.22. The van der Waals surface area contributed by atoms with Gasteiger partial charge in [-0.15, -0.1) is 0 Å². The average Bonchev–Trinajstić information content (AvgIpc) is 3.09. The van der Waals surface area contributed by atoms with Crippen molar-refractivity contribution in [3.05, 3.63) is 23.8 Å². The minimum atomic E-state index is -0.154. The highest BCUT2D eigenvalue weighted by Gasteiger charge is 2.31. The van der Waals surface area contributed by atoms with Crippen molar-refractivity contribution in [2.45, 2.75) is 149 Å². The number of nitrogens with zero attached hydrogens (tertiary/aromatic N) is 4. The maximum absolute atomic E-state index is 13.6. The molecule has 10 heteroatoms. The number of carbonyl (C=O) groups is 3. The van der Waals surface area contributed by atoms with Crippen molar-refractivity contribution in [1.29, 1.82) is 0 Å². The number of carbonyl (C=O) groups excluding carboxylic acids is 3. The molecule has 1 heterocycles. The molecule has 1 aliphatic heterocycles. The fraction of sp³-hybridized carbons (Fsp3) is 0.769. The van der Waals surface area contributed by atoms with Crippen molar-refractivity contribution >= 4 is 23.5 Å². The maximum atomic E-state index is 13.6. The van der Waals surface area contributed by atoms with Crippen LogP contribution in [0.25, 0.3) is 0 Å². The van der Waals surface area contributed by atoms with Crippen LogP contribution in [0.4, 0.5) is 10.5 Å². The van der Waals surface area contributed by atoms with E-state index >= 15 is 0 Å². The van der Waals surface area contributed by atoms with Gasteiger partial charge in [0.25, 0.3) is 0 Å². The van der Waals surface area contributed by atoms with E-state index in [2.05, 4.69) is 43.3 Å². The zero-order valence-electron chi connectivity index (χ0n) is 31.4. The monoisotopic (exact) mass is 683 g/mol. The van der Waals surface area contributed by atoms with E-state index in [0.717, 1.165) is 62.7 Å². The standard InChI is InChI=1S/C39H66N6O4/c1-6-7-8-15-25-44(33-21-13-10-14-22-33)36(47)24-17-26-49-34-23-16-18-31-27-43(28-35(46)40-29-39(2,3)4)30-45(37(31)34)41-38(48)42(5)32-19-11-9-12-20-32/h16,18,23,32-33H,6-15,17,19-22,24-30H2,1-5H3,(H,40,46)(H,41,48). The molecule has 10 nitrogen and oxygen atoms in total. The van der Waals surface area contributed by atoms with Crippen LogP contribution in [0.15, 0.2) is 18.2 Å². The first kappa shape index (κ1) is 38.8. The van der Waals surface area contributed by atoms with Gasteiger partial charge in [-0.1, -0.05) is 97.6 Å². The first-order valence-corrected chi connectivity index (χ1v) is 19.4. The summed E-state index contributed by atoms with van der Waals surface area (Å²) in [6, 6.07) is 6.40. The van der Waals surface area contributed by atoms with E-state index in [0.29, 0.717) is 51.0 Å². The van der Waals surface area contributed by atoms with Crippen LogP contribution in [0.2, 0.25) is 0 Å². The van der Waals surface area contributed by atoms with E-state index in [1.807, 2.05) is 40.1 Å². The zero-order chi connectivity index (χ0) is 35.2. The summed E-state index contributed by atoms with van der Waals surface area (Å²) in [7, 11) is 1.88. The first-order valence-electron chi connectivity index (χ1n) is 19.4. The van der Waals surface area contributed by atoms with E-state index in [1.54, 1.807) is 0 Å². The molecule has 1 aromatic carbocycles. The zero-order valence-corrected chi connectivity index (χ0v) is 31.4. The third-order valence-electron chi connectivity index (χ3n) is 10.3. The number of rotatable bonds is 16. The Kier molecular flexibility index (Phi) is 15.4. The van der Waals surface area contributed by atoms with Crippen LogP contribution < -0.4 is 20.5 Å². The molecule has 276 valence electrons. The van der Waals surface area contributed by atoms with Crippen LogP contribution in [0.5, 0.6) is 5.75 Å². The van der Waals surface area contributed by atoms with Crippen LogP contribution in [-0.4, -0.2) is 84.6 Å². The van der Waals surface area contributed by atoms with E-state index in [1.165, 1.54) is 44.9 Å². The second kappa shape index (κ2) is 19.4. The van der Waals surface area contributed by atoms with Gasteiger partial charge in [0.1, 0.15) is 11.4 Å². The molecule has 0 bridgehead atoms. The number of amides is 4. The van der Waals surface area contributed by atoms with Crippen molar-refractivity contribution < 1.29 is 19.1 Å². The Morgan fingerprint density at radius 2 is 1.61 bits per heavy atom. The SMILES string of the molecule is CCCCCCN(C(=O)CCCOc1cccc2c1N(NC(=O)N(C)C1CCCCC1)CN(CC(=O)NCC(C)(C)C)C2)C1CCCCC1. The Balaban J connectivity index is 1.42. The molecule has 2 N–H and O–H groups in total. The average molecular weight is 683 g/mol. The number of nitrogens with one attached hydrogen (secondary N) is 2. The normalized spacial score (nSPS) is 17.7. The van der Waals surface area contributed by atoms with E-state index in [9.17, 15) is 14.4 Å². The van der Waals surface area contributed by atoms with Crippen molar-refractivity contribution in [1.82, 2.24) is 25.4 Å². The molecule has 0 radical (unpaired) electrons. The van der Waals surface area contributed by atoms with E-state index in [-0.39, 0.29) is 35.8 Å². The number of benzene rings is 1. The number of unbranched alkanes of at least 4 members (excludes halogenated alkanes) is 3. The van der Waals surface area contributed by atoms with Gasteiger partial charge in [-0.25, -0.2) is 10.2 Å². The smallest absolute Gasteiger partial charge is 0.336 e. The molecule has 3 aliphatic rings. The topological polar surface area (TPSA) is 97.5 Å². The molecule has 0 saturated heterocycles. The highest BCUT2D eigenvalue weighted by Crippen LogP contribution is 2.36. The van der Waals surface area contributed by atoms with Gasteiger partial charge >= 0.3 is 6.03 Å². The van der Waals surface area contributed by atoms with Crippen LogP contribution in [-0.2, 0) is 16.1 Å². The molecule has 0 aromatic heterocycles. The van der Waals surface area contributed by atoms with Crippen molar-refractivity contribution in [2.75, 3.05) is 45.0 Å². The van der Waals surface area contributed by atoms with Gasteiger partial charge in [0.15, 0.2) is 0 Å². The van der Waals surface area contributed by atoms with Gasteiger partial charge in [0, 0.05) is 45.2 Å². The lowest BCUT2D eigenvalue weighted by Crippen LogP contribution is -2.57. The Hall–Kier alpha value is -3.01. The highest BCUT2D eigenvalue weighted by atomic mass is 16.5. The lowest BCUT2D eigenvalue weighted by molar-refractivity contribution is -0.134. The molecule has 4 rings (SSSR count). The lowest BCUT2D eigenvalue weighted by Gasteiger charge is -2.40. The summed E-state index contributed by atoms with van der Waals surface area (Å²) < 4.78 is 6.40. The molecule has 0 spiro atoms. The quantitative estimate of drug-likeness (QED) is 0.179. The first-order chi connectivity index (χ1) is 23.6. The maximum Gasteiger partial charge on any atom is 0.336 e. The van der Waals surface area contributed by atoms with Crippen LogP contribution >= 0.6 is 0 Å². The molecular formula is C39H66N6O4. The van der Waals surface area contributed by atoms with Crippen LogP contribution in [0.3, 0.4) is 0 Å². The lowest BCUT2D eigenvalue weighted by atomic mass is 9.93. The highest BCUT2D eigenvalue weighted by molar-refractivity contribution is 5.80. The Morgan fingerprint density at radius 3 is 2.29 bits per heavy atom. The molecular weight excluding hydrogens is 616 g/mol. The van der Waals surface area contributed by atoms with Crippen LogP contribution in [0, 0.1) is 5.41 Å². The number of urea groups is 1. The number of fused-ring (bicyclic) bond motifs is 1. The number of hydrogen-bond donors (Lipinski definition) is 2. The van der Waals surface area contributed by atoms with Crippen molar-refractivity contribution in [3.63, 3.8) is 0 Å². The Labute approximate surface area is 296 Å². The van der Waals surface area contributed by atoms with Gasteiger partial charge in [-0.05, 0) is 55.6 Å². The summed E-state index contributed by atoms with van der Waals surface area (Å²) in [5.41, 5.74) is 4.97. The number of anilines is 1. The van der Waals surface area contributed by atoms with Gasteiger partial charge < -0.3 is 19.9 Å². The summed E-state index contributed by atoms with van der Waals surface area (Å²) in [6.45, 7) is 11.5. The summed E-state index contributed by atoms with van der Waals surface area (Å²) in [5.74, 6) is 0.905. The molecule has 1 aromatic rings. The van der Waals surface area contributed by atoms with Crippen LogP contribution in [0.1, 0.15) is 136 Å². The van der Waals surface area contributed by atoms with Crippen molar-refractivity contribution in [3.8, 4) is 5.75 Å². The van der Waals surface area contributed by atoms with Crippen molar-refractivity contribution in [2.24, 2.45) is 5.41 Å². The molecule has 2 fully saturated rings. The molecule has 0 atom stereocenters. The largest absolute Gasteiger partial charge is 0.491 e. The Bertz CT molecular complexity index is 1190. The second-order valence-corrected chi connectivity index (χ2v) is 15.9. The predicted molar refractivity (Wildman–Crippen MR) is 197 cm³/mol. The minimum absolute atomic E-state index is 0.00643. The third-order valence-corrected chi connectivity index (χ3v) is 10.3. The molecule has 49 heavy (non-hydrogen) atoms. The molecule has 4 amide bonds. The number of para-hydroxylation sites is 1. The molecule has 0 unspecified atom stereocenters.